The van der Waals surface area contributed by atoms with Gasteiger partial charge >= 0.3 is 0 Å². The van der Waals surface area contributed by atoms with Crippen LogP contribution in [0, 0.1) is 12.8 Å². The number of halogens is 1. The van der Waals surface area contributed by atoms with E-state index in [2.05, 4.69) is 66.8 Å². The van der Waals surface area contributed by atoms with Crippen molar-refractivity contribution >= 4 is 21.6 Å². The monoisotopic (exact) mass is 284 g/mol. The normalized spacial score (nSPS) is 12.9. The largest absolute Gasteiger partial charge is 0.370 e. The molecule has 0 aliphatic carbocycles. The molecule has 90 valence electrons. The average molecular weight is 285 g/mol. The number of rotatable bonds is 4. The average Bonchev–Trinajstić information content (AvgIpc) is 2.22. The third kappa shape index (κ3) is 2.98. The van der Waals surface area contributed by atoms with Crippen molar-refractivity contribution in [3.63, 3.8) is 0 Å². The first-order chi connectivity index (χ1) is 7.47. The van der Waals surface area contributed by atoms with Gasteiger partial charge in [0.2, 0.25) is 0 Å². The van der Waals surface area contributed by atoms with Crippen molar-refractivity contribution in [3.05, 3.63) is 28.2 Å². The highest BCUT2D eigenvalue weighted by molar-refractivity contribution is 9.10. The molecule has 16 heavy (non-hydrogen) atoms. The van der Waals surface area contributed by atoms with Crippen LogP contribution in [0.3, 0.4) is 0 Å². The van der Waals surface area contributed by atoms with E-state index in [1.54, 1.807) is 0 Å². The fraction of sp³-hybridized carbons (Fsp3) is 0.538. The van der Waals surface area contributed by atoms with Crippen molar-refractivity contribution in [2.75, 3.05) is 18.5 Å². The molecule has 0 bridgehead atoms. The number of hydrogen-bond donors (Lipinski definition) is 1. The van der Waals surface area contributed by atoms with Gasteiger partial charge in [-0.05, 0) is 30.5 Å². The Morgan fingerprint density at radius 3 is 2.50 bits per heavy atom. The lowest BCUT2D eigenvalue weighted by atomic mass is 10.0. The SMILES string of the molecule is Cc1ccc(Br)cc1N(C)C(CN)C(C)C. The van der Waals surface area contributed by atoms with Gasteiger partial charge in [-0.1, -0.05) is 35.8 Å². The highest BCUT2D eigenvalue weighted by atomic mass is 79.9. The van der Waals surface area contributed by atoms with Gasteiger partial charge in [-0.2, -0.15) is 0 Å². The predicted molar refractivity (Wildman–Crippen MR) is 75.0 cm³/mol. The Morgan fingerprint density at radius 2 is 2.00 bits per heavy atom. The molecule has 1 aromatic rings. The maximum absolute atomic E-state index is 5.85. The number of anilines is 1. The van der Waals surface area contributed by atoms with Gasteiger partial charge in [-0.15, -0.1) is 0 Å². The lowest BCUT2D eigenvalue weighted by molar-refractivity contribution is 0.479. The summed E-state index contributed by atoms with van der Waals surface area (Å²) in [5.74, 6) is 0.549. The van der Waals surface area contributed by atoms with Gasteiger partial charge < -0.3 is 10.6 Å². The van der Waals surface area contributed by atoms with Gasteiger partial charge in [-0.25, -0.2) is 0 Å². The Hall–Kier alpha value is -0.540. The minimum atomic E-state index is 0.382. The Bertz CT molecular complexity index is 350. The Balaban J connectivity index is 3.02. The standard InChI is InChI=1S/C13H21BrN2/c1-9(2)13(8-15)16(4)12-7-11(14)6-5-10(12)3/h5-7,9,13H,8,15H2,1-4H3. The third-order valence-electron chi connectivity index (χ3n) is 3.06. The van der Waals surface area contributed by atoms with Crippen LogP contribution in [0.25, 0.3) is 0 Å². The fourth-order valence-corrected chi connectivity index (χ4v) is 2.37. The smallest absolute Gasteiger partial charge is 0.0432 e. The first-order valence-electron chi connectivity index (χ1n) is 5.66. The summed E-state index contributed by atoms with van der Waals surface area (Å²) in [6.45, 7) is 7.23. The Labute approximate surface area is 107 Å². The summed E-state index contributed by atoms with van der Waals surface area (Å²) in [4.78, 5) is 2.28. The van der Waals surface area contributed by atoms with Crippen LogP contribution in [0.5, 0.6) is 0 Å². The summed E-state index contributed by atoms with van der Waals surface area (Å²) in [7, 11) is 2.12. The van der Waals surface area contributed by atoms with Crippen molar-refractivity contribution in [2.45, 2.75) is 26.8 Å². The van der Waals surface area contributed by atoms with Gasteiger partial charge in [0, 0.05) is 29.8 Å². The summed E-state index contributed by atoms with van der Waals surface area (Å²) < 4.78 is 1.11. The van der Waals surface area contributed by atoms with Crippen molar-refractivity contribution in [1.82, 2.24) is 0 Å². The molecule has 1 atom stereocenters. The summed E-state index contributed by atoms with van der Waals surface area (Å²) in [5.41, 5.74) is 8.38. The third-order valence-corrected chi connectivity index (χ3v) is 3.55. The molecular weight excluding hydrogens is 264 g/mol. The number of likely N-dealkylation sites (N-methyl/N-ethyl adjacent to an activating group) is 1. The van der Waals surface area contributed by atoms with Crippen molar-refractivity contribution < 1.29 is 0 Å². The van der Waals surface area contributed by atoms with E-state index in [0.717, 1.165) is 4.47 Å². The molecule has 0 saturated heterocycles. The van der Waals surface area contributed by atoms with E-state index < -0.39 is 0 Å². The quantitative estimate of drug-likeness (QED) is 0.920. The number of benzene rings is 1. The van der Waals surface area contributed by atoms with Gasteiger partial charge in [0.15, 0.2) is 0 Å². The predicted octanol–water partition coefficient (Wildman–Crippen LogP) is 3.18. The zero-order valence-electron chi connectivity index (χ0n) is 10.5. The van der Waals surface area contributed by atoms with E-state index in [4.69, 9.17) is 5.73 Å². The lowest BCUT2D eigenvalue weighted by Crippen LogP contribution is -2.42. The van der Waals surface area contributed by atoms with Crippen molar-refractivity contribution in [3.8, 4) is 0 Å². The highest BCUT2D eigenvalue weighted by Gasteiger charge is 2.18. The molecule has 2 N–H and O–H groups in total. The second kappa shape index (κ2) is 5.69. The van der Waals surface area contributed by atoms with E-state index in [0.29, 0.717) is 18.5 Å². The van der Waals surface area contributed by atoms with Crippen LogP contribution in [0.15, 0.2) is 22.7 Å². The fourth-order valence-electron chi connectivity index (χ4n) is 2.02. The maximum atomic E-state index is 5.85. The topological polar surface area (TPSA) is 29.3 Å². The van der Waals surface area contributed by atoms with E-state index in [1.807, 2.05) is 0 Å². The molecule has 0 spiro atoms. The molecule has 0 fully saturated rings. The van der Waals surface area contributed by atoms with Gasteiger partial charge in [-0.3, -0.25) is 0 Å². The molecule has 1 aromatic carbocycles. The summed E-state index contributed by atoms with van der Waals surface area (Å²) in [6, 6.07) is 6.73. The number of nitrogens with zero attached hydrogens (tertiary/aromatic N) is 1. The zero-order valence-corrected chi connectivity index (χ0v) is 12.1. The molecule has 0 aliphatic heterocycles. The molecule has 2 nitrogen and oxygen atoms in total. The first kappa shape index (κ1) is 13.5. The summed E-state index contributed by atoms with van der Waals surface area (Å²) in [6.07, 6.45) is 0. The van der Waals surface area contributed by atoms with Crippen LogP contribution in [0.2, 0.25) is 0 Å². The van der Waals surface area contributed by atoms with Crippen LogP contribution >= 0.6 is 15.9 Å². The van der Waals surface area contributed by atoms with Gasteiger partial charge in [0.25, 0.3) is 0 Å². The molecule has 0 aliphatic rings. The number of nitrogens with two attached hydrogens (primary N) is 1. The van der Waals surface area contributed by atoms with Crippen LogP contribution in [0.1, 0.15) is 19.4 Å². The zero-order chi connectivity index (χ0) is 12.3. The van der Waals surface area contributed by atoms with E-state index in [9.17, 15) is 0 Å². The van der Waals surface area contributed by atoms with Gasteiger partial charge in [0.1, 0.15) is 0 Å². The summed E-state index contributed by atoms with van der Waals surface area (Å²) in [5, 5.41) is 0. The van der Waals surface area contributed by atoms with Crippen LogP contribution in [-0.4, -0.2) is 19.6 Å². The maximum Gasteiger partial charge on any atom is 0.0432 e. The Kier molecular flexibility index (Phi) is 4.81. The van der Waals surface area contributed by atoms with Crippen LogP contribution in [0.4, 0.5) is 5.69 Å². The molecule has 0 heterocycles. The molecule has 1 unspecified atom stereocenters. The first-order valence-corrected chi connectivity index (χ1v) is 6.45. The van der Waals surface area contributed by atoms with Gasteiger partial charge in [0.05, 0.1) is 0 Å². The highest BCUT2D eigenvalue weighted by Crippen LogP contribution is 2.26. The molecule has 0 radical (unpaired) electrons. The van der Waals surface area contributed by atoms with E-state index in [-0.39, 0.29) is 0 Å². The molecule has 0 saturated carbocycles. The number of hydrogen-bond acceptors (Lipinski definition) is 2. The van der Waals surface area contributed by atoms with Crippen molar-refractivity contribution in [1.29, 1.82) is 0 Å². The molecule has 0 amide bonds. The second-order valence-electron chi connectivity index (χ2n) is 4.59. The van der Waals surface area contributed by atoms with E-state index >= 15 is 0 Å². The van der Waals surface area contributed by atoms with Crippen LogP contribution in [-0.2, 0) is 0 Å². The minimum Gasteiger partial charge on any atom is -0.370 e. The number of aryl methyl sites for hydroxylation is 1. The van der Waals surface area contributed by atoms with Crippen molar-refractivity contribution in [2.24, 2.45) is 11.7 Å². The Morgan fingerprint density at radius 1 is 1.38 bits per heavy atom. The van der Waals surface area contributed by atoms with E-state index in [1.165, 1.54) is 11.3 Å². The molecule has 0 aromatic heterocycles. The molecular formula is C13H21BrN2. The van der Waals surface area contributed by atoms with Crippen LogP contribution < -0.4 is 10.6 Å². The lowest BCUT2D eigenvalue weighted by Gasteiger charge is -2.33. The second-order valence-corrected chi connectivity index (χ2v) is 5.50. The minimum absolute atomic E-state index is 0.382. The molecule has 3 heteroatoms. The molecule has 1 rings (SSSR count). The summed E-state index contributed by atoms with van der Waals surface area (Å²) >= 11 is 3.51.